The van der Waals surface area contributed by atoms with Crippen molar-refractivity contribution in [3.8, 4) is 0 Å². The fraction of sp³-hybridized carbons (Fsp3) is 0.211. The van der Waals surface area contributed by atoms with Gasteiger partial charge in [-0.15, -0.1) is 5.10 Å². The molecule has 2 heterocycles. The molecule has 0 bridgehead atoms. The van der Waals surface area contributed by atoms with Crippen molar-refractivity contribution in [3.63, 3.8) is 0 Å². The number of fused-ring (bicyclic) bond motifs is 1. The summed E-state index contributed by atoms with van der Waals surface area (Å²) in [6.07, 6.45) is 2.78. The number of benzene rings is 2. The summed E-state index contributed by atoms with van der Waals surface area (Å²) in [7, 11) is 1.99. The Morgan fingerprint density at radius 3 is 2.71 bits per heavy atom. The number of hydrogen-bond donors (Lipinski definition) is 0. The van der Waals surface area contributed by atoms with Crippen LogP contribution in [-0.2, 0) is 13.0 Å². The minimum absolute atomic E-state index is 0.640. The first kappa shape index (κ1) is 14.6. The van der Waals surface area contributed by atoms with E-state index < -0.39 is 0 Å². The Labute approximate surface area is 141 Å². The Kier molecular flexibility index (Phi) is 3.83. The van der Waals surface area contributed by atoms with E-state index in [1.54, 1.807) is 6.20 Å². The molecule has 0 spiro atoms. The topological polar surface area (TPSA) is 45.2 Å². The molecular weight excluding hydrogens is 298 g/mol. The quantitative estimate of drug-likeness (QED) is 0.739. The first-order chi connectivity index (χ1) is 11.8. The molecule has 3 aromatic rings. The molecular formula is C19H19N5. The summed E-state index contributed by atoms with van der Waals surface area (Å²) in [5.41, 5.74) is 3.80. The Hall–Kier alpha value is -2.95. The number of nitrogens with zero attached hydrogens (tertiary/aromatic N) is 5. The van der Waals surface area contributed by atoms with E-state index in [9.17, 15) is 0 Å². The van der Waals surface area contributed by atoms with E-state index in [0.29, 0.717) is 5.95 Å². The van der Waals surface area contributed by atoms with E-state index in [1.807, 2.05) is 30.1 Å². The Bertz CT molecular complexity index is 834. The molecule has 120 valence electrons. The van der Waals surface area contributed by atoms with E-state index >= 15 is 0 Å². The van der Waals surface area contributed by atoms with Gasteiger partial charge in [-0.25, -0.2) is 0 Å². The van der Waals surface area contributed by atoms with Crippen LogP contribution in [0, 0.1) is 0 Å². The van der Waals surface area contributed by atoms with Gasteiger partial charge in [0.05, 0.1) is 6.20 Å². The van der Waals surface area contributed by atoms with Gasteiger partial charge in [-0.2, -0.15) is 10.1 Å². The molecule has 0 saturated heterocycles. The maximum absolute atomic E-state index is 4.73. The SMILES string of the molecule is CN(Cc1ccccc1)c1nncc(N2CCc3ccccc32)n1. The van der Waals surface area contributed by atoms with Crippen LogP contribution in [0.5, 0.6) is 0 Å². The summed E-state index contributed by atoms with van der Waals surface area (Å²) in [4.78, 5) is 8.96. The molecule has 0 amide bonds. The molecule has 0 saturated carbocycles. The zero-order valence-electron chi connectivity index (χ0n) is 13.6. The number of hydrogen-bond acceptors (Lipinski definition) is 5. The van der Waals surface area contributed by atoms with E-state index in [1.165, 1.54) is 16.8 Å². The second-order valence-electron chi connectivity index (χ2n) is 5.99. The highest BCUT2D eigenvalue weighted by atomic mass is 15.3. The lowest BCUT2D eigenvalue weighted by Gasteiger charge is -2.21. The summed E-state index contributed by atoms with van der Waals surface area (Å²) in [5, 5.41) is 8.37. The second kappa shape index (κ2) is 6.28. The monoisotopic (exact) mass is 317 g/mol. The third-order valence-electron chi connectivity index (χ3n) is 4.30. The maximum atomic E-state index is 4.73. The van der Waals surface area contributed by atoms with Crippen molar-refractivity contribution >= 4 is 17.5 Å². The molecule has 5 nitrogen and oxygen atoms in total. The average molecular weight is 317 g/mol. The molecule has 0 fully saturated rings. The molecule has 5 heteroatoms. The number of para-hydroxylation sites is 1. The highest BCUT2D eigenvalue weighted by molar-refractivity contribution is 5.67. The lowest BCUT2D eigenvalue weighted by molar-refractivity contribution is 0.820. The van der Waals surface area contributed by atoms with Gasteiger partial charge in [0.15, 0.2) is 5.82 Å². The third-order valence-corrected chi connectivity index (χ3v) is 4.30. The molecule has 0 atom stereocenters. The Morgan fingerprint density at radius 1 is 1.04 bits per heavy atom. The van der Waals surface area contributed by atoms with Crippen molar-refractivity contribution in [2.45, 2.75) is 13.0 Å². The first-order valence-electron chi connectivity index (χ1n) is 8.11. The van der Waals surface area contributed by atoms with Gasteiger partial charge in [-0.3, -0.25) is 0 Å². The molecule has 2 aromatic carbocycles. The molecule has 1 aromatic heterocycles. The highest BCUT2D eigenvalue weighted by Crippen LogP contribution is 2.33. The minimum Gasteiger partial charge on any atom is -0.338 e. The lowest BCUT2D eigenvalue weighted by atomic mass is 10.2. The van der Waals surface area contributed by atoms with Crippen LogP contribution in [0.15, 0.2) is 60.8 Å². The van der Waals surface area contributed by atoms with Crippen LogP contribution < -0.4 is 9.80 Å². The van der Waals surface area contributed by atoms with Crippen molar-refractivity contribution in [1.82, 2.24) is 15.2 Å². The van der Waals surface area contributed by atoms with E-state index in [2.05, 4.69) is 51.5 Å². The molecule has 1 aliphatic rings. The Balaban J connectivity index is 1.58. The van der Waals surface area contributed by atoms with Crippen molar-refractivity contribution < 1.29 is 0 Å². The largest absolute Gasteiger partial charge is 0.338 e. The molecule has 1 aliphatic heterocycles. The van der Waals surface area contributed by atoms with Crippen LogP contribution >= 0.6 is 0 Å². The van der Waals surface area contributed by atoms with Gasteiger partial charge < -0.3 is 9.80 Å². The van der Waals surface area contributed by atoms with Crippen LogP contribution in [0.25, 0.3) is 0 Å². The molecule has 0 radical (unpaired) electrons. The number of aromatic nitrogens is 3. The number of anilines is 3. The average Bonchev–Trinajstić information content (AvgIpc) is 3.07. The van der Waals surface area contributed by atoms with Gasteiger partial charge in [-0.05, 0) is 23.6 Å². The Morgan fingerprint density at radius 2 is 1.83 bits per heavy atom. The zero-order valence-corrected chi connectivity index (χ0v) is 13.6. The third kappa shape index (κ3) is 2.80. The number of rotatable bonds is 4. The summed E-state index contributed by atoms with van der Waals surface area (Å²) in [6, 6.07) is 18.8. The van der Waals surface area contributed by atoms with Gasteiger partial charge in [0.25, 0.3) is 0 Å². The maximum Gasteiger partial charge on any atom is 0.247 e. The van der Waals surface area contributed by atoms with Gasteiger partial charge in [-0.1, -0.05) is 48.5 Å². The van der Waals surface area contributed by atoms with E-state index in [4.69, 9.17) is 4.98 Å². The van der Waals surface area contributed by atoms with E-state index in [-0.39, 0.29) is 0 Å². The second-order valence-corrected chi connectivity index (χ2v) is 5.99. The van der Waals surface area contributed by atoms with Crippen molar-refractivity contribution in [2.75, 3.05) is 23.4 Å². The fourth-order valence-electron chi connectivity index (χ4n) is 3.08. The van der Waals surface area contributed by atoms with Crippen molar-refractivity contribution in [1.29, 1.82) is 0 Å². The van der Waals surface area contributed by atoms with Crippen LogP contribution in [-0.4, -0.2) is 28.8 Å². The van der Waals surface area contributed by atoms with Gasteiger partial charge in [0.1, 0.15) is 0 Å². The van der Waals surface area contributed by atoms with Crippen LogP contribution in [0.4, 0.5) is 17.5 Å². The summed E-state index contributed by atoms with van der Waals surface area (Å²) >= 11 is 0. The first-order valence-corrected chi connectivity index (χ1v) is 8.11. The predicted molar refractivity (Wildman–Crippen MR) is 95.5 cm³/mol. The van der Waals surface area contributed by atoms with Crippen LogP contribution in [0.1, 0.15) is 11.1 Å². The standard InChI is InChI=1S/C19H19N5/c1-23(14-15-7-3-2-4-8-15)19-21-18(13-20-22-19)24-12-11-16-9-5-6-10-17(16)24/h2-10,13H,11-12,14H2,1H3. The predicted octanol–water partition coefficient (Wildman–Crippen LogP) is 3.20. The van der Waals surface area contributed by atoms with Gasteiger partial charge in [0, 0.05) is 25.8 Å². The zero-order chi connectivity index (χ0) is 16.4. The van der Waals surface area contributed by atoms with Gasteiger partial charge >= 0.3 is 0 Å². The minimum atomic E-state index is 0.640. The van der Waals surface area contributed by atoms with Crippen LogP contribution in [0.3, 0.4) is 0 Å². The molecule has 0 N–H and O–H groups in total. The highest BCUT2D eigenvalue weighted by Gasteiger charge is 2.21. The van der Waals surface area contributed by atoms with Crippen molar-refractivity contribution in [3.05, 3.63) is 71.9 Å². The van der Waals surface area contributed by atoms with Crippen molar-refractivity contribution in [2.24, 2.45) is 0 Å². The fourth-order valence-corrected chi connectivity index (χ4v) is 3.08. The molecule has 4 rings (SSSR count). The van der Waals surface area contributed by atoms with Gasteiger partial charge in [0.2, 0.25) is 5.95 Å². The summed E-state index contributed by atoms with van der Waals surface area (Å²) < 4.78 is 0. The summed E-state index contributed by atoms with van der Waals surface area (Å²) in [5.74, 6) is 1.49. The summed E-state index contributed by atoms with van der Waals surface area (Å²) in [6.45, 7) is 1.68. The molecule has 0 aliphatic carbocycles. The normalized spacial score (nSPS) is 13.0. The van der Waals surface area contributed by atoms with E-state index in [0.717, 1.165) is 25.3 Å². The molecule has 0 unspecified atom stereocenters. The molecule has 24 heavy (non-hydrogen) atoms. The smallest absolute Gasteiger partial charge is 0.247 e. The lowest BCUT2D eigenvalue weighted by Crippen LogP contribution is -2.22. The van der Waals surface area contributed by atoms with Crippen LogP contribution in [0.2, 0.25) is 0 Å².